The summed E-state index contributed by atoms with van der Waals surface area (Å²) in [6, 6.07) is 4.77. The first-order valence-electron chi connectivity index (χ1n) is 10.7. The van der Waals surface area contributed by atoms with Crippen LogP contribution in [0.15, 0.2) is 36.7 Å². The van der Waals surface area contributed by atoms with E-state index in [9.17, 15) is 23.5 Å². The number of carbonyl (C=O) groups excluding carboxylic acids is 2. The predicted molar refractivity (Wildman–Crippen MR) is 114 cm³/mol. The van der Waals surface area contributed by atoms with E-state index >= 15 is 0 Å². The predicted octanol–water partition coefficient (Wildman–Crippen LogP) is 1.88. The van der Waals surface area contributed by atoms with E-state index in [1.165, 1.54) is 21.7 Å². The van der Waals surface area contributed by atoms with Crippen molar-refractivity contribution in [3.63, 3.8) is 0 Å². The van der Waals surface area contributed by atoms with Crippen LogP contribution >= 0.6 is 0 Å². The second-order valence-corrected chi connectivity index (χ2v) is 8.28. The van der Waals surface area contributed by atoms with Gasteiger partial charge in [0.2, 0.25) is 0 Å². The summed E-state index contributed by atoms with van der Waals surface area (Å²) >= 11 is 0. The van der Waals surface area contributed by atoms with Crippen LogP contribution in [0.3, 0.4) is 0 Å². The maximum Gasteiger partial charge on any atom is 0.314 e. The Morgan fingerprint density at radius 2 is 2.00 bits per heavy atom. The summed E-state index contributed by atoms with van der Waals surface area (Å²) in [4.78, 5) is 32.6. The molecule has 172 valence electrons. The molecule has 2 saturated heterocycles. The number of nitrogens with zero attached hydrogens (tertiary/aromatic N) is 5. The van der Waals surface area contributed by atoms with Gasteiger partial charge in [-0.1, -0.05) is 0 Å². The summed E-state index contributed by atoms with van der Waals surface area (Å²) in [7, 11) is 0. The van der Waals surface area contributed by atoms with E-state index in [1.807, 2.05) is 4.90 Å². The van der Waals surface area contributed by atoms with Gasteiger partial charge in [0.05, 0.1) is 18.3 Å². The summed E-state index contributed by atoms with van der Waals surface area (Å²) in [5.41, 5.74) is 0.845. The Balaban J connectivity index is 1.40. The molecule has 5 rings (SSSR count). The Morgan fingerprint density at radius 1 is 1.15 bits per heavy atom. The maximum absolute atomic E-state index is 14.4. The van der Waals surface area contributed by atoms with Gasteiger partial charge >= 0.3 is 11.8 Å². The Kier molecular flexibility index (Phi) is 5.41. The van der Waals surface area contributed by atoms with Gasteiger partial charge in [-0.3, -0.25) is 9.59 Å². The minimum atomic E-state index is -0.841. The van der Waals surface area contributed by atoms with Gasteiger partial charge in [0, 0.05) is 31.4 Å². The molecule has 2 aliphatic heterocycles. The number of β-amino-alcohol motifs (C(OH)–C–C–N with tert-alkyl or cyclic N) is 1. The second-order valence-electron chi connectivity index (χ2n) is 8.28. The normalized spacial score (nSPS) is 20.6. The number of aliphatic hydroxyl groups is 1. The monoisotopic (exact) mass is 456 g/mol. The lowest BCUT2D eigenvalue weighted by atomic mass is 10.0. The standard InChI is InChI=1S/C22H22F2N6O3/c23-13-3-4-16(24)15(10-13)18-2-1-7-29(18)19-6-9-30-20(27-19)17(11-25-30)26-21(32)22(33)28-8-5-14(31)12-28/h3-4,6,9-11,14,18,31H,1-2,5,7-8,12H2,(H,26,32)/t14?,18-/m1/s1. The molecule has 33 heavy (non-hydrogen) atoms. The molecule has 0 saturated carbocycles. The smallest absolute Gasteiger partial charge is 0.314 e. The summed E-state index contributed by atoms with van der Waals surface area (Å²) in [5, 5.41) is 16.3. The number of aliphatic hydroxyl groups excluding tert-OH is 1. The zero-order chi connectivity index (χ0) is 23.1. The molecule has 0 spiro atoms. The quantitative estimate of drug-likeness (QED) is 0.584. The van der Waals surface area contributed by atoms with Gasteiger partial charge in [-0.2, -0.15) is 5.10 Å². The van der Waals surface area contributed by atoms with Gasteiger partial charge in [-0.05, 0) is 43.5 Å². The number of amides is 2. The van der Waals surface area contributed by atoms with E-state index in [1.54, 1.807) is 12.3 Å². The summed E-state index contributed by atoms with van der Waals surface area (Å²) in [5.74, 6) is -2.02. The molecule has 2 aliphatic rings. The molecule has 1 unspecified atom stereocenters. The number of likely N-dealkylation sites (tertiary alicyclic amines) is 1. The van der Waals surface area contributed by atoms with Crippen molar-refractivity contribution in [2.24, 2.45) is 0 Å². The van der Waals surface area contributed by atoms with E-state index in [-0.39, 0.29) is 23.8 Å². The topological polar surface area (TPSA) is 103 Å². The highest BCUT2D eigenvalue weighted by Gasteiger charge is 2.31. The van der Waals surface area contributed by atoms with Crippen molar-refractivity contribution in [3.05, 3.63) is 53.9 Å². The van der Waals surface area contributed by atoms with Crippen LogP contribution < -0.4 is 10.2 Å². The number of benzene rings is 1. The van der Waals surface area contributed by atoms with Crippen LogP contribution in [0.1, 0.15) is 30.9 Å². The average Bonchev–Trinajstić information content (AvgIpc) is 3.55. The summed E-state index contributed by atoms with van der Waals surface area (Å²) in [6.45, 7) is 1.05. The van der Waals surface area contributed by atoms with E-state index in [4.69, 9.17) is 0 Å². The molecule has 2 amide bonds. The SMILES string of the molecule is O=C(Nc1cnn2ccc(N3CCC[C@@H]3c3cc(F)ccc3F)nc12)C(=O)N1CCC(O)C1. The first-order valence-corrected chi connectivity index (χ1v) is 10.7. The Morgan fingerprint density at radius 3 is 2.79 bits per heavy atom. The lowest BCUT2D eigenvalue weighted by Crippen LogP contribution is -2.38. The van der Waals surface area contributed by atoms with Crippen LogP contribution in [0.2, 0.25) is 0 Å². The third-order valence-corrected chi connectivity index (χ3v) is 6.11. The highest BCUT2D eigenvalue weighted by atomic mass is 19.1. The minimum absolute atomic E-state index is 0.121. The molecule has 3 aromatic rings. The number of carbonyl (C=O) groups is 2. The third-order valence-electron chi connectivity index (χ3n) is 6.11. The molecular weight excluding hydrogens is 434 g/mol. The number of hydrogen-bond donors (Lipinski definition) is 2. The Hall–Kier alpha value is -3.60. The molecule has 9 nitrogen and oxygen atoms in total. The van der Waals surface area contributed by atoms with Gasteiger partial charge in [-0.15, -0.1) is 0 Å². The first kappa shape index (κ1) is 21.3. The zero-order valence-corrected chi connectivity index (χ0v) is 17.6. The molecule has 11 heteroatoms. The number of nitrogens with one attached hydrogen (secondary N) is 1. The fraction of sp³-hybridized carbons (Fsp3) is 0.364. The largest absolute Gasteiger partial charge is 0.391 e. The number of rotatable bonds is 3. The number of aromatic nitrogens is 3. The molecule has 2 N–H and O–H groups in total. The molecule has 0 bridgehead atoms. The highest BCUT2D eigenvalue weighted by molar-refractivity contribution is 6.39. The molecule has 4 heterocycles. The minimum Gasteiger partial charge on any atom is -0.391 e. The van der Waals surface area contributed by atoms with Gasteiger partial charge < -0.3 is 20.2 Å². The van der Waals surface area contributed by atoms with Crippen molar-refractivity contribution in [1.82, 2.24) is 19.5 Å². The molecule has 0 aliphatic carbocycles. The fourth-order valence-corrected chi connectivity index (χ4v) is 4.49. The lowest BCUT2D eigenvalue weighted by Gasteiger charge is -2.26. The third kappa shape index (κ3) is 3.99. The van der Waals surface area contributed by atoms with Crippen LogP contribution in [-0.2, 0) is 9.59 Å². The fourth-order valence-electron chi connectivity index (χ4n) is 4.49. The van der Waals surface area contributed by atoms with Crippen molar-refractivity contribution in [1.29, 1.82) is 0 Å². The highest BCUT2D eigenvalue weighted by Crippen LogP contribution is 2.37. The van der Waals surface area contributed by atoms with Crippen molar-refractivity contribution in [2.75, 3.05) is 29.9 Å². The van der Waals surface area contributed by atoms with Crippen LogP contribution in [-0.4, -0.2) is 62.2 Å². The van der Waals surface area contributed by atoms with Crippen LogP contribution in [0.25, 0.3) is 5.65 Å². The zero-order valence-electron chi connectivity index (χ0n) is 17.6. The van der Waals surface area contributed by atoms with Crippen molar-refractivity contribution < 1.29 is 23.5 Å². The second kappa shape index (κ2) is 8.39. The van der Waals surface area contributed by atoms with Gasteiger partial charge in [0.1, 0.15) is 23.1 Å². The van der Waals surface area contributed by atoms with Crippen LogP contribution in [0.5, 0.6) is 0 Å². The van der Waals surface area contributed by atoms with Gasteiger partial charge in [-0.25, -0.2) is 18.3 Å². The van der Waals surface area contributed by atoms with Crippen molar-refractivity contribution >= 4 is 29.0 Å². The molecule has 2 fully saturated rings. The molecular formula is C22H22F2N6O3. The number of fused-ring (bicyclic) bond motifs is 1. The number of anilines is 2. The number of halogens is 2. The van der Waals surface area contributed by atoms with E-state index in [0.29, 0.717) is 37.4 Å². The summed E-state index contributed by atoms with van der Waals surface area (Å²) < 4.78 is 29.7. The van der Waals surface area contributed by atoms with Gasteiger partial charge in [0.15, 0.2) is 5.65 Å². The molecule has 0 radical (unpaired) electrons. The maximum atomic E-state index is 14.4. The van der Waals surface area contributed by atoms with Crippen molar-refractivity contribution in [2.45, 2.75) is 31.4 Å². The number of hydrogen-bond acceptors (Lipinski definition) is 6. The average molecular weight is 456 g/mol. The first-order chi connectivity index (χ1) is 15.9. The Bertz CT molecular complexity index is 1230. The van der Waals surface area contributed by atoms with E-state index < -0.39 is 29.6 Å². The lowest BCUT2D eigenvalue weighted by molar-refractivity contribution is -0.142. The van der Waals surface area contributed by atoms with Crippen LogP contribution in [0, 0.1) is 11.6 Å². The Labute approximate surface area is 187 Å². The van der Waals surface area contributed by atoms with E-state index in [0.717, 1.165) is 18.6 Å². The molecule has 2 aromatic heterocycles. The van der Waals surface area contributed by atoms with E-state index in [2.05, 4.69) is 15.4 Å². The molecule has 2 atom stereocenters. The molecule has 1 aromatic carbocycles. The van der Waals surface area contributed by atoms with Gasteiger partial charge in [0.25, 0.3) is 0 Å². The van der Waals surface area contributed by atoms with Crippen molar-refractivity contribution in [3.8, 4) is 0 Å². The van der Waals surface area contributed by atoms with Crippen LogP contribution in [0.4, 0.5) is 20.3 Å². The summed E-state index contributed by atoms with van der Waals surface area (Å²) in [6.07, 6.45) is 4.29.